The summed E-state index contributed by atoms with van der Waals surface area (Å²) in [6, 6.07) is 26.4. The van der Waals surface area contributed by atoms with Gasteiger partial charge in [-0.25, -0.2) is 4.90 Å². The van der Waals surface area contributed by atoms with E-state index in [1.54, 1.807) is 54.6 Å². The molecule has 11 heteroatoms. The molecule has 226 valence electrons. The highest BCUT2D eigenvalue weighted by Gasteiger charge is 2.41. The molecule has 1 unspecified atom stereocenters. The quantitative estimate of drug-likeness (QED) is 0.101. The van der Waals surface area contributed by atoms with Gasteiger partial charge in [-0.3, -0.25) is 29.3 Å². The molecular weight excluding hydrogens is 592 g/mol. The van der Waals surface area contributed by atoms with E-state index in [-0.39, 0.29) is 29.6 Å². The highest BCUT2D eigenvalue weighted by atomic mass is 32.2. The number of para-hydroxylation sites is 1. The molecule has 0 aromatic heterocycles. The van der Waals surface area contributed by atoms with Crippen molar-refractivity contribution in [1.82, 2.24) is 5.32 Å². The van der Waals surface area contributed by atoms with E-state index in [1.807, 2.05) is 32.0 Å². The number of thioether (sulfide) groups is 1. The van der Waals surface area contributed by atoms with Crippen molar-refractivity contribution in [2.45, 2.75) is 30.4 Å². The van der Waals surface area contributed by atoms with Crippen LogP contribution in [-0.2, 0) is 14.4 Å². The molecule has 4 aromatic carbocycles. The van der Waals surface area contributed by atoms with Crippen LogP contribution in [0.1, 0.15) is 33.5 Å². The smallest absolute Gasteiger partial charge is 0.272 e. The van der Waals surface area contributed by atoms with Crippen LogP contribution in [0.15, 0.2) is 108 Å². The van der Waals surface area contributed by atoms with Crippen LogP contribution in [0.4, 0.5) is 17.1 Å². The number of rotatable bonds is 9. The van der Waals surface area contributed by atoms with Crippen molar-refractivity contribution in [3.05, 3.63) is 135 Å². The van der Waals surface area contributed by atoms with Gasteiger partial charge in [0.25, 0.3) is 17.5 Å². The summed E-state index contributed by atoms with van der Waals surface area (Å²) < 4.78 is 0. The van der Waals surface area contributed by atoms with Crippen molar-refractivity contribution in [3.63, 3.8) is 0 Å². The lowest BCUT2D eigenvalue weighted by atomic mass is 10.1. The highest BCUT2D eigenvalue weighted by Crippen LogP contribution is 2.37. The lowest BCUT2D eigenvalue weighted by molar-refractivity contribution is -0.384. The third-order valence-corrected chi connectivity index (χ3v) is 8.26. The molecule has 1 aliphatic heterocycles. The summed E-state index contributed by atoms with van der Waals surface area (Å²) in [5, 5.41) is 15.8. The van der Waals surface area contributed by atoms with Crippen LogP contribution in [0.2, 0.25) is 0 Å². The van der Waals surface area contributed by atoms with Crippen molar-refractivity contribution in [2.75, 3.05) is 10.2 Å². The first-order valence-electron chi connectivity index (χ1n) is 13.9. The summed E-state index contributed by atoms with van der Waals surface area (Å²) >= 11 is 1.23. The van der Waals surface area contributed by atoms with Crippen LogP contribution in [0.5, 0.6) is 0 Å². The molecule has 10 nitrogen and oxygen atoms in total. The number of nitrogens with zero attached hydrogens (tertiary/aromatic N) is 2. The van der Waals surface area contributed by atoms with E-state index < -0.39 is 22.0 Å². The molecule has 4 aromatic rings. The first-order chi connectivity index (χ1) is 21.6. The number of benzene rings is 4. The van der Waals surface area contributed by atoms with E-state index in [4.69, 9.17) is 0 Å². The molecule has 0 saturated carbocycles. The Bertz CT molecular complexity index is 1820. The van der Waals surface area contributed by atoms with Gasteiger partial charge in [-0.1, -0.05) is 42.5 Å². The predicted octanol–water partition coefficient (Wildman–Crippen LogP) is 6.05. The van der Waals surface area contributed by atoms with E-state index >= 15 is 0 Å². The van der Waals surface area contributed by atoms with Gasteiger partial charge in [0.1, 0.15) is 5.70 Å². The number of carbonyl (C=O) groups is 4. The summed E-state index contributed by atoms with van der Waals surface area (Å²) in [7, 11) is 0. The number of hydrogen-bond acceptors (Lipinski definition) is 7. The van der Waals surface area contributed by atoms with Crippen LogP contribution >= 0.6 is 11.8 Å². The predicted molar refractivity (Wildman–Crippen MR) is 173 cm³/mol. The molecule has 1 atom stereocenters. The number of aryl methyl sites for hydroxylation is 2. The zero-order valence-corrected chi connectivity index (χ0v) is 25.2. The maximum Gasteiger partial charge on any atom is 0.272 e. The summed E-state index contributed by atoms with van der Waals surface area (Å²) in [6.07, 6.45) is 1.46. The van der Waals surface area contributed by atoms with Crippen molar-refractivity contribution in [1.29, 1.82) is 0 Å². The largest absolute Gasteiger partial charge is 0.321 e. The second kappa shape index (κ2) is 13.4. The maximum absolute atomic E-state index is 13.5. The number of amides is 4. The monoisotopic (exact) mass is 620 g/mol. The molecule has 45 heavy (non-hydrogen) atoms. The number of carbonyl (C=O) groups excluding carboxylic acids is 4. The molecule has 0 bridgehead atoms. The molecule has 5 rings (SSSR count). The molecule has 1 fully saturated rings. The first kappa shape index (κ1) is 30.9. The molecule has 0 radical (unpaired) electrons. The lowest BCUT2D eigenvalue weighted by Gasteiger charge is -2.19. The highest BCUT2D eigenvalue weighted by molar-refractivity contribution is 8.00. The number of imide groups is 1. The molecule has 1 heterocycles. The average molecular weight is 621 g/mol. The molecule has 4 amide bonds. The summed E-state index contributed by atoms with van der Waals surface area (Å²) in [5.74, 6) is -1.71. The Morgan fingerprint density at radius 3 is 2.24 bits per heavy atom. The van der Waals surface area contributed by atoms with Crippen molar-refractivity contribution in [2.24, 2.45) is 0 Å². The minimum atomic E-state index is -0.634. The van der Waals surface area contributed by atoms with E-state index in [0.717, 1.165) is 11.1 Å². The summed E-state index contributed by atoms with van der Waals surface area (Å²) in [4.78, 5) is 65.1. The average Bonchev–Trinajstić information content (AvgIpc) is 3.29. The number of nitro benzene ring substituents is 1. The van der Waals surface area contributed by atoms with Crippen LogP contribution in [0.25, 0.3) is 6.08 Å². The van der Waals surface area contributed by atoms with Crippen LogP contribution in [0.3, 0.4) is 0 Å². The fraction of sp³-hybridized carbons (Fsp3) is 0.118. The van der Waals surface area contributed by atoms with E-state index in [2.05, 4.69) is 10.6 Å². The number of non-ortho nitro benzene ring substituents is 1. The Kier molecular flexibility index (Phi) is 9.20. The topological polar surface area (TPSA) is 139 Å². The van der Waals surface area contributed by atoms with Gasteiger partial charge >= 0.3 is 0 Å². The Morgan fingerprint density at radius 1 is 0.911 bits per heavy atom. The van der Waals surface area contributed by atoms with Gasteiger partial charge in [0.2, 0.25) is 11.8 Å². The van der Waals surface area contributed by atoms with Crippen molar-refractivity contribution >= 4 is 58.5 Å². The SMILES string of the molecule is Cc1cccc(C)c1N1C(=O)CC(Sc2cccc(NC(=O)C(=Cc3ccc([N+](=O)[O-])cc3)NC(=O)c3ccccc3)c2)C1=O. The first-order valence-corrected chi connectivity index (χ1v) is 14.8. The van der Waals surface area contributed by atoms with Gasteiger partial charge in [-0.15, -0.1) is 11.8 Å². The van der Waals surface area contributed by atoms with Gasteiger partial charge in [-0.2, -0.15) is 0 Å². The van der Waals surface area contributed by atoms with Gasteiger partial charge in [0, 0.05) is 34.7 Å². The van der Waals surface area contributed by atoms with Crippen LogP contribution in [-0.4, -0.2) is 33.8 Å². The minimum Gasteiger partial charge on any atom is -0.321 e. The summed E-state index contributed by atoms with van der Waals surface area (Å²) in [6.45, 7) is 3.73. The molecule has 0 spiro atoms. The van der Waals surface area contributed by atoms with Gasteiger partial charge in [-0.05, 0) is 79.1 Å². The van der Waals surface area contributed by atoms with Crippen LogP contribution in [0, 0.1) is 24.0 Å². The van der Waals surface area contributed by atoms with Crippen molar-refractivity contribution < 1.29 is 24.1 Å². The second-order valence-corrected chi connectivity index (χ2v) is 11.6. The zero-order valence-electron chi connectivity index (χ0n) is 24.4. The minimum absolute atomic E-state index is 0.0432. The fourth-order valence-corrected chi connectivity index (χ4v) is 6.01. The molecule has 2 N–H and O–H groups in total. The maximum atomic E-state index is 13.5. The fourth-order valence-electron chi connectivity index (χ4n) is 4.90. The third-order valence-electron chi connectivity index (χ3n) is 7.08. The number of nitrogens with one attached hydrogen (secondary N) is 2. The lowest BCUT2D eigenvalue weighted by Crippen LogP contribution is -2.32. The Morgan fingerprint density at radius 2 is 1.58 bits per heavy atom. The Labute approximate surface area is 263 Å². The zero-order chi connectivity index (χ0) is 32.1. The molecule has 1 aliphatic rings. The Hall–Kier alpha value is -5.55. The van der Waals surface area contributed by atoms with Gasteiger partial charge in [0.05, 0.1) is 15.9 Å². The summed E-state index contributed by atoms with van der Waals surface area (Å²) in [5.41, 5.74) is 3.29. The van der Waals surface area contributed by atoms with E-state index in [9.17, 15) is 29.3 Å². The molecule has 0 aliphatic carbocycles. The third kappa shape index (κ3) is 7.16. The van der Waals surface area contributed by atoms with Gasteiger partial charge in [0.15, 0.2) is 0 Å². The second-order valence-electron chi connectivity index (χ2n) is 10.3. The number of anilines is 2. The van der Waals surface area contributed by atoms with Gasteiger partial charge < -0.3 is 10.6 Å². The van der Waals surface area contributed by atoms with Crippen molar-refractivity contribution in [3.8, 4) is 0 Å². The molecular formula is C34H28N4O6S. The number of nitro groups is 1. The number of hydrogen-bond donors (Lipinski definition) is 2. The standard InChI is InChI=1S/C34H28N4O6S/c1-21-8-6-9-22(2)31(21)37-30(39)20-29(34(37)42)45-27-13-7-12-25(19-27)35-33(41)28(36-32(40)24-10-4-3-5-11-24)18-23-14-16-26(17-15-23)38(43)44/h3-19,29H,20H2,1-2H3,(H,35,41)(H,36,40). The van der Waals surface area contributed by atoms with Crippen LogP contribution < -0.4 is 15.5 Å². The molecule has 1 saturated heterocycles. The van der Waals surface area contributed by atoms with E-state index in [1.165, 1.54) is 47.0 Å². The Balaban J connectivity index is 1.35. The van der Waals surface area contributed by atoms with E-state index in [0.29, 0.717) is 27.4 Å². The normalized spacial score (nSPS) is 14.8.